The van der Waals surface area contributed by atoms with Crippen LogP contribution in [0.15, 0.2) is 12.2 Å². The quantitative estimate of drug-likeness (QED) is 0.0426. The Kier molecular flexibility index (Phi) is 34.2. The maximum absolute atomic E-state index is 11.1. The minimum atomic E-state index is -4.37. The molecule has 0 rings (SSSR count). The maximum atomic E-state index is 11.1. The van der Waals surface area contributed by atoms with Crippen molar-refractivity contribution in [2.75, 3.05) is 6.61 Å². The third kappa shape index (κ3) is 37.7. The summed E-state index contributed by atoms with van der Waals surface area (Å²) >= 11 is 0. The first-order chi connectivity index (χ1) is 21.0. The molecule has 1 N–H and O–H groups in total. The average Bonchev–Trinajstić information content (AvgIpc) is 2.98. The zero-order valence-corrected chi connectivity index (χ0v) is 30.0. The van der Waals surface area contributed by atoms with E-state index >= 15 is 0 Å². The van der Waals surface area contributed by atoms with Crippen LogP contribution in [-0.2, 0) is 14.6 Å². The lowest BCUT2D eigenvalue weighted by atomic mass is 9.99. The Morgan fingerprint density at radius 1 is 0.488 bits per heavy atom. The maximum Gasteiger partial charge on any atom is 0.397 e. The summed E-state index contributed by atoms with van der Waals surface area (Å²) in [5, 5.41) is 0. The molecule has 1 atom stereocenters. The molecule has 0 radical (unpaired) electrons. The number of allylic oxidation sites excluding steroid dienone is 1. The molecule has 0 aliphatic heterocycles. The van der Waals surface area contributed by atoms with Gasteiger partial charge in [-0.15, -0.1) is 0 Å². The molecule has 5 heteroatoms. The van der Waals surface area contributed by atoms with Gasteiger partial charge < -0.3 is 0 Å². The van der Waals surface area contributed by atoms with Crippen LogP contribution in [0.1, 0.15) is 219 Å². The van der Waals surface area contributed by atoms with Gasteiger partial charge in [-0.2, -0.15) is 8.42 Å². The van der Waals surface area contributed by atoms with E-state index in [4.69, 9.17) is 8.74 Å². The van der Waals surface area contributed by atoms with Crippen molar-refractivity contribution in [3.8, 4) is 0 Å². The summed E-state index contributed by atoms with van der Waals surface area (Å²) in [6, 6.07) is 0. The lowest BCUT2D eigenvalue weighted by molar-refractivity contribution is 0.234. The van der Waals surface area contributed by atoms with Crippen molar-refractivity contribution in [1.29, 1.82) is 0 Å². The van der Waals surface area contributed by atoms with Gasteiger partial charge in [0, 0.05) is 5.92 Å². The lowest BCUT2D eigenvalue weighted by Gasteiger charge is -2.12. The van der Waals surface area contributed by atoms with Gasteiger partial charge >= 0.3 is 10.4 Å². The largest absolute Gasteiger partial charge is 0.397 e. The topological polar surface area (TPSA) is 63.6 Å². The Morgan fingerprint density at radius 2 is 0.791 bits per heavy atom. The zero-order valence-electron chi connectivity index (χ0n) is 29.1. The molecule has 0 spiro atoms. The first kappa shape index (κ1) is 42.6. The predicted octanol–water partition coefficient (Wildman–Crippen LogP) is 13.5. The standard InChI is InChI=1S/C38H76O4S/c1-3-5-7-9-11-13-15-17-18-19-20-21-22-23-24-26-28-30-32-34-36-38(37-42-43(39,40)41)35-33-31-29-27-25-16-14-12-10-8-6-4-2/h34,36,38H,3-33,35,37H2,1-2H3,(H,39,40,41)/b36-34+. The van der Waals surface area contributed by atoms with E-state index in [1.807, 2.05) is 0 Å². The summed E-state index contributed by atoms with van der Waals surface area (Å²) in [7, 11) is -4.37. The van der Waals surface area contributed by atoms with Crippen LogP contribution in [0.5, 0.6) is 0 Å². The van der Waals surface area contributed by atoms with Gasteiger partial charge in [-0.25, -0.2) is 4.18 Å². The highest BCUT2D eigenvalue weighted by Crippen LogP contribution is 2.18. The van der Waals surface area contributed by atoms with Crippen molar-refractivity contribution in [3.05, 3.63) is 12.2 Å². The minimum absolute atomic E-state index is 0.0481. The van der Waals surface area contributed by atoms with E-state index in [0.717, 1.165) is 19.3 Å². The first-order valence-electron chi connectivity index (χ1n) is 19.3. The fourth-order valence-corrected chi connectivity index (χ4v) is 6.46. The van der Waals surface area contributed by atoms with Crippen LogP contribution in [0.4, 0.5) is 0 Å². The van der Waals surface area contributed by atoms with Gasteiger partial charge in [0.15, 0.2) is 0 Å². The van der Waals surface area contributed by atoms with Crippen molar-refractivity contribution < 1.29 is 17.2 Å². The van der Waals surface area contributed by atoms with E-state index in [0.29, 0.717) is 0 Å². The first-order valence-corrected chi connectivity index (χ1v) is 20.6. The molecule has 258 valence electrons. The van der Waals surface area contributed by atoms with E-state index in [1.165, 1.54) is 186 Å². The third-order valence-electron chi connectivity index (χ3n) is 8.99. The molecule has 0 aliphatic carbocycles. The average molecular weight is 629 g/mol. The van der Waals surface area contributed by atoms with Crippen molar-refractivity contribution in [2.24, 2.45) is 5.92 Å². The summed E-state index contributed by atoms with van der Waals surface area (Å²) < 4.78 is 35.9. The number of hydrogen-bond acceptors (Lipinski definition) is 3. The van der Waals surface area contributed by atoms with E-state index < -0.39 is 10.4 Å². The van der Waals surface area contributed by atoms with Crippen molar-refractivity contribution in [1.82, 2.24) is 0 Å². The Balaban J connectivity index is 3.69. The molecule has 1 unspecified atom stereocenters. The second-order valence-corrected chi connectivity index (χ2v) is 14.5. The van der Waals surface area contributed by atoms with Gasteiger partial charge in [-0.05, 0) is 19.3 Å². The van der Waals surface area contributed by atoms with Gasteiger partial charge in [0.2, 0.25) is 0 Å². The second kappa shape index (κ2) is 34.5. The molecule has 0 heterocycles. The van der Waals surface area contributed by atoms with E-state index in [2.05, 4.69) is 26.0 Å². The smallest absolute Gasteiger partial charge is 0.264 e. The summed E-state index contributed by atoms with van der Waals surface area (Å²) in [6.07, 6.45) is 47.1. The van der Waals surface area contributed by atoms with Gasteiger partial charge in [-0.1, -0.05) is 212 Å². The Hall–Kier alpha value is -0.390. The third-order valence-corrected chi connectivity index (χ3v) is 9.43. The highest BCUT2D eigenvalue weighted by molar-refractivity contribution is 7.80. The number of hydrogen-bond donors (Lipinski definition) is 1. The fourth-order valence-electron chi connectivity index (χ4n) is 6.11. The molecule has 0 fully saturated rings. The van der Waals surface area contributed by atoms with Gasteiger partial charge in [0.25, 0.3) is 0 Å². The SMILES string of the molecule is CCCCCCCCCCCCCCCCCCCC/C=C/C(CCCCCCCCCCCCCC)COS(=O)(=O)O. The molecule has 0 aliphatic rings. The monoisotopic (exact) mass is 629 g/mol. The van der Waals surface area contributed by atoms with E-state index in [1.54, 1.807) is 0 Å². The molecule has 0 aromatic carbocycles. The Bertz CT molecular complexity index is 661. The van der Waals surface area contributed by atoms with Crippen LogP contribution in [0, 0.1) is 5.92 Å². The molecule has 0 saturated heterocycles. The van der Waals surface area contributed by atoms with Gasteiger partial charge in [-0.3, -0.25) is 4.55 Å². The van der Waals surface area contributed by atoms with Gasteiger partial charge in [0.1, 0.15) is 0 Å². The zero-order chi connectivity index (χ0) is 31.5. The van der Waals surface area contributed by atoms with Gasteiger partial charge in [0.05, 0.1) is 6.61 Å². The van der Waals surface area contributed by atoms with Crippen molar-refractivity contribution in [3.63, 3.8) is 0 Å². The van der Waals surface area contributed by atoms with Crippen LogP contribution >= 0.6 is 0 Å². The molecule has 0 saturated carbocycles. The molecule has 4 nitrogen and oxygen atoms in total. The summed E-state index contributed by atoms with van der Waals surface area (Å²) in [6.45, 7) is 4.60. The van der Waals surface area contributed by atoms with E-state index in [-0.39, 0.29) is 12.5 Å². The van der Waals surface area contributed by atoms with Crippen LogP contribution < -0.4 is 0 Å². The summed E-state index contributed by atoms with van der Waals surface area (Å²) in [4.78, 5) is 0. The highest BCUT2D eigenvalue weighted by Gasteiger charge is 2.11. The van der Waals surface area contributed by atoms with Crippen LogP contribution in [-0.4, -0.2) is 19.6 Å². The summed E-state index contributed by atoms with van der Waals surface area (Å²) in [5.74, 6) is 0.0561. The molecular formula is C38H76O4S. The predicted molar refractivity (Wildman–Crippen MR) is 189 cm³/mol. The fraction of sp³-hybridized carbons (Fsp3) is 0.947. The molecule has 0 aromatic rings. The molecule has 0 bridgehead atoms. The van der Waals surface area contributed by atoms with Crippen molar-refractivity contribution >= 4 is 10.4 Å². The molecule has 43 heavy (non-hydrogen) atoms. The molecule has 0 aromatic heterocycles. The van der Waals surface area contributed by atoms with Crippen LogP contribution in [0.3, 0.4) is 0 Å². The molecular weight excluding hydrogens is 552 g/mol. The highest BCUT2D eigenvalue weighted by atomic mass is 32.3. The second-order valence-electron chi connectivity index (χ2n) is 13.4. The van der Waals surface area contributed by atoms with Crippen LogP contribution in [0.25, 0.3) is 0 Å². The normalized spacial score (nSPS) is 12.9. The number of unbranched alkanes of at least 4 members (excludes halogenated alkanes) is 29. The van der Waals surface area contributed by atoms with E-state index in [9.17, 15) is 8.42 Å². The number of rotatable bonds is 36. The van der Waals surface area contributed by atoms with Crippen LogP contribution in [0.2, 0.25) is 0 Å². The summed E-state index contributed by atoms with van der Waals surface area (Å²) in [5.41, 5.74) is 0. The lowest BCUT2D eigenvalue weighted by Crippen LogP contribution is -2.12. The Morgan fingerprint density at radius 3 is 1.12 bits per heavy atom. The minimum Gasteiger partial charge on any atom is -0.264 e. The van der Waals surface area contributed by atoms with Crippen molar-refractivity contribution in [2.45, 2.75) is 219 Å². The Labute approximate surface area is 271 Å². The molecule has 0 amide bonds.